The molecule has 3 heterocycles. The van der Waals surface area contributed by atoms with Crippen LogP contribution < -0.4 is 16.8 Å². The number of pyridine rings is 1. The normalized spacial score (nSPS) is 19.5. The number of aromatic nitrogens is 1. The third kappa shape index (κ3) is 6.97. The lowest BCUT2D eigenvalue weighted by molar-refractivity contribution is -0.140. The van der Waals surface area contributed by atoms with Crippen LogP contribution in [0.3, 0.4) is 0 Å². The first-order valence-corrected chi connectivity index (χ1v) is 14.7. The van der Waals surface area contributed by atoms with Crippen LogP contribution in [-0.2, 0) is 27.3 Å². The second kappa shape index (κ2) is 12.9. The predicted octanol–water partition coefficient (Wildman–Crippen LogP) is 3.28. The summed E-state index contributed by atoms with van der Waals surface area (Å²) >= 11 is 6.20. The molecule has 2 saturated heterocycles. The van der Waals surface area contributed by atoms with E-state index in [0.717, 1.165) is 47.8 Å². The van der Waals surface area contributed by atoms with Crippen LogP contribution in [0, 0.1) is 5.92 Å². The summed E-state index contributed by atoms with van der Waals surface area (Å²) in [6, 6.07) is 13.8. The molecular formula is C31H37ClN6O3. The minimum atomic E-state index is -0.846. The van der Waals surface area contributed by atoms with Gasteiger partial charge in [-0.2, -0.15) is 0 Å². The van der Waals surface area contributed by atoms with Gasteiger partial charge < -0.3 is 26.6 Å². The Hall–Kier alpha value is -3.69. The zero-order valence-corrected chi connectivity index (χ0v) is 23.9. The smallest absolute Gasteiger partial charge is 0.243 e. The van der Waals surface area contributed by atoms with Gasteiger partial charge in [-0.1, -0.05) is 35.9 Å². The Morgan fingerprint density at radius 1 is 1.07 bits per heavy atom. The van der Waals surface area contributed by atoms with Crippen LogP contribution in [0.2, 0.25) is 5.02 Å². The number of hydrogen-bond acceptors (Lipinski definition) is 6. The average molecular weight is 577 g/mol. The molecule has 0 unspecified atom stereocenters. The lowest BCUT2D eigenvalue weighted by Gasteiger charge is -2.27. The molecule has 5 rings (SSSR count). The van der Waals surface area contributed by atoms with Crippen molar-refractivity contribution in [2.24, 2.45) is 11.7 Å². The van der Waals surface area contributed by atoms with Crippen LogP contribution in [0.15, 0.2) is 54.7 Å². The average Bonchev–Trinajstić information content (AvgIpc) is 3.65. The molecule has 0 spiro atoms. The van der Waals surface area contributed by atoms with E-state index < -0.39 is 12.1 Å². The van der Waals surface area contributed by atoms with Crippen LogP contribution in [0.25, 0.3) is 10.8 Å². The molecule has 0 aliphatic carbocycles. The molecule has 0 radical (unpaired) electrons. The summed E-state index contributed by atoms with van der Waals surface area (Å²) in [5, 5.41) is 5.48. The van der Waals surface area contributed by atoms with Gasteiger partial charge in [0.2, 0.25) is 17.7 Å². The number of likely N-dealkylation sites (tertiary alicyclic amines) is 2. The second-order valence-electron chi connectivity index (χ2n) is 11.1. The summed E-state index contributed by atoms with van der Waals surface area (Å²) in [6.07, 6.45) is 5.38. The highest BCUT2D eigenvalue weighted by atomic mass is 35.5. The van der Waals surface area contributed by atoms with E-state index in [-0.39, 0.29) is 36.5 Å². The molecule has 2 aliphatic rings. The van der Waals surface area contributed by atoms with Gasteiger partial charge in [0.25, 0.3) is 0 Å². The topological polar surface area (TPSA) is 135 Å². The monoisotopic (exact) mass is 576 g/mol. The summed E-state index contributed by atoms with van der Waals surface area (Å²) < 4.78 is 0. The highest BCUT2D eigenvalue weighted by Gasteiger charge is 2.41. The van der Waals surface area contributed by atoms with Crippen molar-refractivity contribution < 1.29 is 14.4 Å². The standard InChI is InChI=1S/C31H37ClN6O3/c32-24-5-3-4-20(16-24)14-22-17-27(30(40)36-18-21-6-7-25-23(15-21)10-11-35-29(25)34)38(19-22)31(41)26(33)8-9-28(39)37-12-1-2-13-37/h3-7,10-11,15-16,22,26-27H,1-2,8-9,12-14,17-19,33H2,(H2,34,35)(H,36,40)/t22-,26-,27+/m1/s1. The quantitative estimate of drug-likeness (QED) is 0.358. The lowest BCUT2D eigenvalue weighted by atomic mass is 9.96. The number of hydrogen-bond donors (Lipinski definition) is 3. The number of nitrogens with two attached hydrogens (primary N) is 2. The minimum Gasteiger partial charge on any atom is -0.383 e. The zero-order valence-electron chi connectivity index (χ0n) is 23.1. The van der Waals surface area contributed by atoms with E-state index in [4.69, 9.17) is 23.1 Å². The third-order valence-corrected chi connectivity index (χ3v) is 8.39. The Kier molecular flexibility index (Phi) is 9.05. The van der Waals surface area contributed by atoms with Crippen molar-refractivity contribution in [3.05, 3.63) is 70.9 Å². The van der Waals surface area contributed by atoms with Gasteiger partial charge in [-0.05, 0) is 78.8 Å². The number of nitrogen functional groups attached to an aromatic ring is 1. The maximum Gasteiger partial charge on any atom is 0.243 e. The van der Waals surface area contributed by atoms with Crippen LogP contribution in [0.1, 0.15) is 43.2 Å². The van der Waals surface area contributed by atoms with Crippen molar-refractivity contribution in [2.75, 3.05) is 25.4 Å². The summed E-state index contributed by atoms with van der Waals surface area (Å²) in [7, 11) is 0. The number of nitrogens with zero attached hydrogens (tertiary/aromatic N) is 3. The molecular weight excluding hydrogens is 540 g/mol. The fourth-order valence-electron chi connectivity index (χ4n) is 5.97. The van der Waals surface area contributed by atoms with Crippen molar-refractivity contribution in [3.63, 3.8) is 0 Å². The van der Waals surface area contributed by atoms with E-state index in [0.29, 0.717) is 36.8 Å². The van der Waals surface area contributed by atoms with E-state index in [1.807, 2.05) is 53.4 Å². The van der Waals surface area contributed by atoms with E-state index in [1.165, 1.54) is 0 Å². The molecule has 216 valence electrons. The van der Waals surface area contributed by atoms with Crippen molar-refractivity contribution in [3.8, 4) is 0 Å². The second-order valence-corrected chi connectivity index (χ2v) is 11.6. The van der Waals surface area contributed by atoms with Crippen molar-refractivity contribution in [1.29, 1.82) is 0 Å². The summed E-state index contributed by atoms with van der Waals surface area (Å²) in [5.74, 6) is 0.0571. The fourth-order valence-corrected chi connectivity index (χ4v) is 6.18. The first-order valence-electron chi connectivity index (χ1n) is 14.3. The van der Waals surface area contributed by atoms with Crippen molar-refractivity contribution >= 4 is 45.9 Å². The largest absolute Gasteiger partial charge is 0.383 e. The van der Waals surface area contributed by atoms with Gasteiger partial charge in [0.1, 0.15) is 11.9 Å². The van der Waals surface area contributed by atoms with Gasteiger partial charge in [-0.3, -0.25) is 14.4 Å². The summed E-state index contributed by atoms with van der Waals surface area (Å²) in [6.45, 7) is 2.26. The highest BCUT2D eigenvalue weighted by Crippen LogP contribution is 2.29. The number of anilines is 1. The number of carbonyl (C=O) groups excluding carboxylic acids is 3. The number of nitrogens with one attached hydrogen (secondary N) is 1. The summed E-state index contributed by atoms with van der Waals surface area (Å²) in [4.78, 5) is 47.2. The van der Waals surface area contributed by atoms with Crippen LogP contribution >= 0.6 is 11.6 Å². The van der Waals surface area contributed by atoms with E-state index in [9.17, 15) is 14.4 Å². The summed E-state index contributed by atoms with van der Waals surface area (Å²) in [5.41, 5.74) is 14.3. The molecule has 9 nitrogen and oxygen atoms in total. The minimum absolute atomic E-state index is 0.0354. The first-order chi connectivity index (χ1) is 19.8. The van der Waals surface area contributed by atoms with Crippen LogP contribution in [0.5, 0.6) is 0 Å². The first kappa shape index (κ1) is 28.8. The molecule has 10 heteroatoms. The van der Waals surface area contributed by atoms with Crippen molar-refractivity contribution in [1.82, 2.24) is 20.1 Å². The fraction of sp³-hybridized carbons (Fsp3) is 0.419. The molecule has 2 aliphatic heterocycles. The van der Waals surface area contributed by atoms with Gasteiger partial charge in [0.15, 0.2) is 0 Å². The van der Waals surface area contributed by atoms with Gasteiger partial charge in [0, 0.05) is 49.2 Å². The molecule has 0 saturated carbocycles. The van der Waals surface area contributed by atoms with Crippen molar-refractivity contribution in [2.45, 2.75) is 57.2 Å². The number of fused-ring (bicyclic) bond motifs is 1. The highest BCUT2D eigenvalue weighted by molar-refractivity contribution is 6.30. The van der Waals surface area contributed by atoms with Gasteiger partial charge >= 0.3 is 0 Å². The number of carbonyl (C=O) groups is 3. The number of rotatable bonds is 9. The van der Waals surface area contributed by atoms with Gasteiger partial charge in [-0.15, -0.1) is 0 Å². The molecule has 3 aromatic rings. The van der Waals surface area contributed by atoms with E-state index in [2.05, 4.69) is 10.3 Å². The van der Waals surface area contributed by atoms with Gasteiger partial charge in [0.05, 0.1) is 6.04 Å². The molecule has 1 aromatic heterocycles. The zero-order chi connectivity index (χ0) is 28.9. The molecule has 3 amide bonds. The number of benzene rings is 2. The molecule has 2 aromatic carbocycles. The van der Waals surface area contributed by atoms with E-state index in [1.54, 1.807) is 11.1 Å². The Morgan fingerprint density at radius 2 is 1.88 bits per heavy atom. The van der Waals surface area contributed by atoms with Crippen LogP contribution in [0.4, 0.5) is 5.82 Å². The molecule has 5 N–H and O–H groups in total. The third-order valence-electron chi connectivity index (χ3n) is 8.16. The lowest BCUT2D eigenvalue weighted by Crippen LogP contribution is -2.51. The molecule has 0 bridgehead atoms. The SMILES string of the molecule is Nc1nccc2cc(CNC(=O)[C@@H]3C[C@@H](Cc4cccc(Cl)c4)CN3C(=O)[C@H](N)CCC(=O)N3CCCC3)ccc12. The Morgan fingerprint density at radius 3 is 2.66 bits per heavy atom. The number of halogens is 1. The van der Waals surface area contributed by atoms with E-state index >= 15 is 0 Å². The molecule has 2 fully saturated rings. The Balaban J connectivity index is 1.26. The predicted molar refractivity (Wildman–Crippen MR) is 160 cm³/mol. The maximum absolute atomic E-state index is 13.6. The molecule has 3 atom stereocenters. The Bertz CT molecular complexity index is 1430. The number of amides is 3. The maximum atomic E-state index is 13.6. The van der Waals surface area contributed by atoms with Gasteiger partial charge in [-0.25, -0.2) is 4.98 Å². The molecule has 41 heavy (non-hydrogen) atoms. The Labute approximate surface area is 245 Å². The van der Waals surface area contributed by atoms with Crippen LogP contribution in [-0.4, -0.2) is 64.2 Å².